The molecule has 2 aromatic carbocycles. The lowest BCUT2D eigenvalue weighted by Gasteiger charge is -2.20. The summed E-state index contributed by atoms with van der Waals surface area (Å²) in [5, 5.41) is 13.6. The molecule has 1 heterocycles. The Morgan fingerprint density at radius 2 is 1.94 bits per heavy atom. The lowest BCUT2D eigenvalue weighted by molar-refractivity contribution is 0.100. The number of aliphatic hydroxyl groups is 1. The maximum atomic E-state index is 12.3. The number of pyridine rings is 1. The number of methoxy groups -OCH3 is 1. The van der Waals surface area contributed by atoms with E-state index in [1.807, 2.05) is 30.3 Å². The van der Waals surface area contributed by atoms with Crippen molar-refractivity contribution in [1.82, 2.24) is 9.88 Å². The number of ether oxygens (including phenoxy) is 2. The molecule has 194 valence electrons. The fraction of sp³-hybridized carbons (Fsp3) is 0.429. The first-order valence-corrected chi connectivity index (χ1v) is 12.6. The second-order valence-corrected chi connectivity index (χ2v) is 8.56. The zero-order valence-corrected chi connectivity index (χ0v) is 21.8. The van der Waals surface area contributed by atoms with E-state index in [0.29, 0.717) is 41.1 Å². The van der Waals surface area contributed by atoms with Crippen LogP contribution in [0.1, 0.15) is 48.7 Å². The van der Waals surface area contributed by atoms with Crippen molar-refractivity contribution in [3.63, 3.8) is 0 Å². The molecule has 0 unspecified atom stereocenters. The SMILES string of the molecule is CCc1c(CCO)cccc1Nc1c(C(N)=O)cnc2cc(OCCCN(CC)CC)c(OC)cc12. The van der Waals surface area contributed by atoms with Crippen LogP contribution in [0.2, 0.25) is 0 Å². The van der Waals surface area contributed by atoms with Crippen LogP contribution in [0.5, 0.6) is 11.5 Å². The van der Waals surface area contributed by atoms with Crippen LogP contribution < -0.4 is 20.5 Å². The van der Waals surface area contributed by atoms with Gasteiger partial charge in [-0.2, -0.15) is 0 Å². The van der Waals surface area contributed by atoms with Crippen molar-refractivity contribution in [2.75, 3.05) is 45.3 Å². The van der Waals surface area contributed by atoms with Gasteiger partial charge in [-0.05, 0) is 55.6 Å². The van der Waals surface area contributed by atoms with E-state index in [1.165, 1.54) is 6.20 Å². The molecule has 0 saturated carbocycles. The molecule has 8 heteroatoms. The second kappa shape index (κ2) is 13.1. The molecule has 0 saturated heterocycles. The number of rotatable bonds is 14. The maximum Gasteiger partial charge on any atom is 0.252 e. The first kappa shape index (κ1) is 27.2. The summed E-state index contributed by atoms with van der Waals surface area (Å²) in [6, 6.07) is 9.57. The smallest absolute Gasteiger partial charge is 0.252 e. The first-order valence-electron chi connectivity index (χ1n) is 12.6. The second-order valence-electron chi connectivity index (χ2n) is 8.56. The molecule has 36 heavy (non-hydrogen) atoms. The predicted molar refractivity (Wildman–Crippen MR) is 145 cm³/mol. The highest BCUT2D eigenvalue weighted by Gasteiger charge is 2.18. The van der Waals surface area contributed by atoms with Crippen molar-refractivity contribution < 1.29 is 19.4 Å². The van der Waals surface area contributed by atoms with E-state index in [0.717, 1.165) is 49.3 Å². The van der Waals surface area contributed by atoms with Gasteiger partial charge in [0.25, 0.3) is 5.91 Å². The van der Waals surface area contributed by atoms with Crippen LogP contribution in [-0.4, -0.2) is 60.9 Å². The Bertz CT molecular complexity index is 1180. The fourth-order valence-corrected chi connectivity index (χ4v) is 4.46. The third kappa shape index (κ3) is 6.25. The van der Waals surface area contributed by atoms with Crippen molar-refractivity contribution in [3.05, 3.63) is 53.2 Å². The van der Waals surface area contributed by atoms with Gasteiger partial charge in [-0.3, -0.25) is 9.78 Å². The van der Waals surface area contributed by atoms with E-state index in [1.54, 1.807) is 7.11 Å². The lowest BCUT2D eigenvalue weighted by Crippen LogP contribution is -2.25. The molecule has 0 bridgehead atoms. The summed E-state index contributed by atoms with van der Waals surface area (Å²) in [5.41, 5.74) is 10.2. The summed E-state index contributed by atoms with van der Waals surface area (Å²) in [7, 11) is 1.59. The van der Waals surface area contributed by atoms with Crippen molar-refractivity contribution in [3.8, 4) is 11.5 Å². The van der Waals surface area contributed by atoms with Crippen LogP contribution in [0, 0.1) is 0 Å². The van der Waals surface area contributed by atoms with Crippen LogP contribution >= 0.6 is 0 Å². The Labute approximate surface area is 213 Å². The number of fused-ring (bicyclic) bond motifs is 1. The van der Waals surface area contributed by atoms with Gasteiger partial charge >= 0.3 is 0 Å². The van der Waals surface area contributed by atoms with Crippen LogP contribution in [0.3, 0.4) is 0 Å². The van der Waals surface area contributed by atoms with Crippen LogP contribution in [-0.2, 0) is 12.8 Å². The predicted octanol–water partition coefficient (Wildman–Crippen LogP) is 4.29. The van der Waals surface area contributed by atoms with E-state index < -0.39 is 5.91 Å². The van der Waals surface area contributed by atoms with Crippen molar-refractivity contribution >= 4 is 28.2 Å². The summed E-state index contributed by atoms with van der Waals surface area (Å²) in [5.74, 6) is 0.586. The number of amides is 1. The quantitative estimate of drug-likeness (QED) is 0.287. The molecular formula is C28H38N4O4. The van der Waals surface area contributed by atoms with E-state index in [-0.39, 0.29) is 12.2 Å². The number of hydrogen-bond acceptors (Lipinski definition) is 7. The number of carbonyl (C=O) groups excluding carboxylic acids is 1. The number of aromatic nitrogens is 1. The molecule has 0 aliphatic rings. The molecule has 3 rings (SSSR count). The van der Waals surface area contributed by atoms with Gasteiger partial charge < -0.3 is 30.5 Å². The highest BCUT2D eigenvalue weighted by molar-refractivity contribution is 6.08. The normalized spacial score (nSPS) is 11.2. The van der Waals surface area contributed by atoms with E-state index in [2.05, 4.69) is 36.0 Å². The Morgan fingerprint density at radius 1 is 1.17 bits per heavy atom. The Hall–Kier alpha value is -3.36. The average molecular weight is 495 g/mol. The number of anilines is 2. The van der Waals surface area contributed by atoms with Crippen molar-refractivity contribution in [1.29, 1.82) is 0 Å². The Kier molecular flexibility index (Phi) is 9.90. The molecule has 0 aliphatic carbocycles. The van der Waals surface area contributed by atoms with E-state index in [9.17, 15) is 9.90 Å². The zero-order valence-electron chi connectivity index (χ0n) is 21.8. The third-order valence-corrected chi connectivity index (χ3v) is 6.46. The van der Waals surface area contributed by atoms with Gasteiger partial charge in [-0.15, -0.1) is 0 Å². The molecular weight excluding hydrogens is 456 g/mol. The van der Waals surface area contributed by atoms with Crippen molar-refractivity contribution in [2.45, 2.75) is 40.0 Å². The number of nitrogens with one attached hydrogen (secondary N) is 1. The maximum absolute atomic E-state index is 12.3. The van der Waals surface area contributed by atoms with Crippen LogP contribution in [0.25, 0.3) is 10.9 Å². The molecule has 4 N–H and O–H groups in total. The topological polar surface area (TPSA) is 110 Å². The van der Waals surface area contributed by atoms with E-state index >= 15 is 0 Å². The van der Waals surface area contributed by atoms with Gasteiger partial charge in [0.05, 0.1) is 30.5 Å². The molecule has 0 atom stereocenters. The standard InChI is InChI=1S/C28H38N4O4/c1-5-20-19(12-14-33)10-8-11-23(20)31-27-21-16-25(35-4)26(36-15-9-13-32(6-2)7-3)17-24(21)30-18-22(27)28(29)34/h8,10-11,16-18,33H,5-7,9,12-15H2,1-4H3,(H2,29,34)(H,30,31). The number of aliphatic hydroxyl groups excluding tert-OH is 1. The van der Waals surface area contributed by atoms with Gasteiger partial charge in [-0.1, -0.05) is 32.9 Å². The summed E-state index contributed by atoms with van der Waals surface area (Å²) in [6.45, 7) is 9.98. The molecule has 1 amide bonds. The third-order valence-electron chi connectivity index (χ3n) is 6.46. The molecule has 8 nitrogen and oxygen atoms in total. The number of primary amides is 1. The monoisotopic (exact) mass is 494 g/mol. The minimum atomic E-state index is -0.577. The summed E-state index contributed by atoms with van der Waals surface area (Å²) in [4.78, 5) is 19.2. The highest BCUT2D eigenvalue weighted by atomic mass is 16.5. The van der Waals surface area contributed by atoms with Gasteiger partial charge in [0, 0.05) is 36.5 Å². The molecule has 0 radical (unpaired) electrons. The minimum Gasteiger partial charge on any atom is -0.493 e. The Balaban J connectivity index is 2.00. The van der Waals surface area contributed by atoms with Gasteiger partial charge in [0.15, 0.2) is 11.5 Å². The minimum absolute atomic E-state index is 0.0655. The number of nitrogens with two attached hydrogens (primary N) is 1. The largest absolute Gasteiger partial charge is 0.493 e. The van der Waals surface area contributed by atoms with Crippen LogP contribution in [0.15, 0.2) is 36.5 Å². The molecule has 1 aromatic heterocycles. The fourth-order valence-electron chi connectivity index (χ4n) is 4.46. The number of hydrogen-bond donors (Lipinski definition) is 3. The number of benzene rings is 2. The highest BCUT2D eigenvalue weighted by Crippen LogP contribution is 2.38. The van der Waals surface area contributed by atoms with Crippen LogP contribution in [0.4, 0.5) is 11.4 Å². The van der Waals surface area contributed by atoms with Gasteiger partial charge in [-0.25, -0.2) is 0 Å². The zero-order chi connectivity index (χ0) is 26.1. The Morgan fingerprint density at radius 3 is 2.58 bits per heavy atom. The summed E-state index contributed by atoms with van der Waals surface area (Å²) in [6.07, 6.45) is 3.71. The number of carbonyl (C=O) groups is 1. The molecule has 3 aromatic rings. The first-order chi connectivity index (χ1) is 17.5. The summed E-state index contributed by atoms with van der Waals surface area (Å²) < 4.78 is 11.7. The average Bonchev–Trinajstić information content (AvgIpc) is 2.88. The van der Waals surface area contributed by atoms with Crippen molar-refractivity contribution in [2.24, 2.45) is 5.73 Å². The molecule has 0 aliphatic heterocycles. The van der Waals surface area contributed by atoms with Gasteiger partial charge in [0.1, 0.15) is 0 Å². The number of nitrogens with zero attached hydrogens (tertiary/aromatic N) is 2. The van der Waals surface area contributed by atoms with E-state index in [4.69, 9.17) is 15.2 Å². The summed E-state index contributed by atoms with van der Waals surface area (Å²) >= 11 is 0. The van der Waals surface area contributed by atoms with Gasteiger partial charge in [0.2, 0.25) is 0 Å². The molecule has 0 spiro atoms. The molecule has 0 fully saturated rings. The lowest BCUT2D eigenvalue weighted by atomic mass is 9.99.